The van der Waals surface area contributed by atoms with Gasteiger partial charge in [-0.3, -0.25) is 9.69 Å². The van der Waals surface area contributed by atoms with Crippen molar-refractivity contribution in [2.45, 2.75) is 51.0 Å². The fourth-order valence-corrected chi connectivity index (χ4v) is 4.96. The molecule has 130 valence electrons. The smallest absolute Gasteiger partial charge is 0.253 e. The van der Waals surface area contributed by atoms with Crippen molar-refractivity contribution >= 4 is 5.91 Å². The highest BCUT2D eigenvalue weighted by molar-refractivity contribution is 5.94. The van der Waals surface area contributed by atoms with Gasteiger partial charge >= 0.3 is 0 Å². The van der Waals surface area contributed by atoms with E-state index in [-0.39, 0.29) is 11.3 Å². The Morgan fingerprint density at radius 3 is 2.75 bits per heavy atom. The van der Waals surface area contributed by atoms with Crippen molar-refractivity contribution < 1.29 is 4.79 Å². The Hall–Kier alpha value is -1.35. The number of benzene rings is 1. The van der Waals surface area contributed by atoms with E-state index in [1.54, 1.807) is 4.90 Å². The van der Waals surface area contributed by atoms with E-state index in [0.29, 0.717) is 12.0 Å². The zero-order chi connectivity index (χ0) is 17.1. The van der Waals surface area contributed by atoms with Gasteiger partial charge in [-0.05, 0) is 72.7 Å². The molecule has 1 saturated carbocycles. The van der Waals surface area contributed by atoms with Gasteiger partial charge in [0.1, 0.15) is 0 Å². The van der Waals surface area contributed by atoms with Gasteiger partial charge in [0.05, 0.1) is 0 Å². The Kier molecular flexibility index (Phi) is 3.76. The number of carbonyl (C=O) groups is 1. The van der Waals surface area contributed by atoms with E-state index in [9.17, 15) is 4.79 Å². The van der Waals surface area contributed by atoms with Crippen LogP contribution in [0.15, 0.2) is 18.2 Å². The molecule has 3 atom stereocenters. The van der Waals surface area contributed by atoms with Crippen LogP contribution >= 0.6 is 0 Å². The molecule has 24 heavy (non-hydrogen) atoms. The molecule has 2 fully saturated rings. The summed E-state index contributed by atoms with van der Waals surface area (Å²) in [6.07, 6.45) is 5.22. The van der Waals surface area contributed by atoms with E-state index in [2.05, 4.69) is 30.9 Å². The highest BCUT2D eigenvalue weighted by atomic mass is 16.2. The monoisotopic (exact) mass is 326 g/mol. The second-order valence-electron chi connectivity index (χ2n) is 8.74. The number of rotatable bonds is 3. The van der Waals surface area contributed by atoms with Gasteiger partial charge in [-0.15, -0.1) is 0 Å². The van der Waals surface area contributed by atoms with Crippen LogP contribution in [0.2, 0.25) is 0 Å². The minimum absolute atomic E-state index is 0.113. The molecule has 1 heterocycles. The summed E-state index contributed by atoms with van der Waals surface area (Å²) in [6, 6.07) is 7.12. The molecular formula is C21H30N2O. The summed E-state index contributed by atoms with van der Waals surface area (Å²) in [5.41, 5.74) is 3.95. The van der Waals surface area contributed by atoms with Crippen molar-refractivity contribution in [3.8, 4) is 0 Å². The van der Waals surface area contributed by atoms with Crippen molar-refractivity contribution in [1.82, 2.24) is 9.80 Å². The van der Waals surface area contributed by atoms with E-state index in [0.717, 1.165) is 17.9 Å². The number of nitrogens with zero attached hydrogens (tertiary/aromatic N) is 2. The Labute approximate surface area is 146 Å². The average Bonchev–Trinajstić information content (AvgIpc) is 3.36. The minimum Gasteiger partial charge on any atom is -0.345 e. The van der Waals surface area contributed by atoms with E-state index in [1.807, 2.05) is 20.2 Å². The first-order valence-electron chi connectivity index (χ1n) is 9.49. The lowest BCUT2D eigenvalue weighted by Crippen LogP contribution is -2.58. The van der Waals surface area contributed by atoms with Crippen molar-refractivity contribution in [1.29, 1.82) is 0 Å². The van der Waals surface area contributed by atoms with Crippen LogP contribution in [0.5, 0.6) is 0 Å². The number of carbonyl (C=O) groups excluding carboxylic acids is 1. The minimum atomic E-state index is 0.113. The van der Waals surface area contributed by atoms with Gasteiger partial charge < -0.3 is 4.90 Å². The molecule has 0 spiro atoms. The molecule has 1 aromatic rings. The molecule has 2 aliphatic carbocycles. The van der Waals surface area contributed by atoms with Crippen molar-refractivity contribution in [3.63, 3.8) is 0 Å². The third-order valence-electron chi connectivity index (χ3n) is 6.97. The van der Waals surface area contributed by atoms with Crippen LogP contribution < -0.4 is 0 Å². The van der Waals surface area contributed by atoms with Crippen LogP contribution in [-0.2, 0) is 11.8 Å². The van der Waals surface area contributed by atoms with Crippen LogP contribution in [0.4, 0.5) is 0 Å². The molecule has 3 nitrogen and oxygen atoms in total. The van der Waals surface area contributed by atoms with Crippen molar-refractivity contribution in [2.75, 3.05) is 27.2 Å². The molecule has 2 bridgehead atoms. The van der Waals surface area contributed by atoms with Gasteiger partial charge in [0.15, 0.2) is 0 Å². The lowest BCUT2D eigenvalue weighted by Gasteiger charge is -2.55. The van der Waals surface area contributed by atoms with Crippen molar-refractivity contribution in [2.24, 2.45) is 11.8 Å². The first-order valence-corrected chi connectivity index (χ1v) is 9.49. The van der Waals surface area contributed by atoms with E-state index >= 15 is 0 Å². The first-order chi connectivity index (χ1) is 11.4. The Balaban J connectivity index is 1.69. The molecule has 1 aromatic carbocycles. The second kappa shape index (κ2) is 5.59. The quantitative estimate of drug-likeness (QED) is 0.851. The summed E-state index contributed by atoms with van der Waals surface area (Å²) >= 11 is 0. The van der Waals surface area contributed by atoms with Gasteiger partial charge in [0.25, 0.3) is 5.91 Å². The molecule has 4 rings (SSSR count). The Morgan fingerprint density at radius 1 is 1.33 bits per heavy atom. The molecular weight excluding hydrogens is 296 g/mol. The molecule has 1 saturated heterocycles. The predicted molar refractivity (Wildman–Crippen MR) is 97.4 cm³/mol. The topological polar surface area (TPSA) is 23.6 Å². The molecule has 3 heteroatoms. The maximum atomic E-state index is 12.4. The number of piperidine rings is 1. The van der Waals surface area contributed by atoms with E-state index < -0.39 is 0 Å². The van der Waals surface area contributed by atoms with E-state index in [4.69, 9.17) is 0 Å². The molecule has 1 aliphatic heterocycles. The third-order valence-corrected chi connectivity index (χ3v) is 6.97. The summed E-state index contributed by atoms with van der Waals surface area (Å²) in [7, 11) is 3.66. The highest BCUT2D eigenvalue weighted by Crippen LogP contribution is 2.49. The van der Waals surface area contributed by atoms with Gasteiger partial charge in [-0.25, -0.2) is 0 Å². The van der Waals surface area contributed by atoms with Crippen molar-refractivity contribution in [3.05, 3.63) is 34.9 Å². The summed E-state index contributed by atoms with van der Waals surface area (Å²) < 4.78 is 0. The predicted octanol–water partition coefficient (Wildman–Crippen LogP) is 3.32. The number of hydrogen-bond acceptors (Lipinski definition) is 2. The second-order valence-corrected chi connectivity index (χ2v) is 8.74. The van der Waals surface area contributed by atoms with Gasteiger partial charge in [0.2, 0.25) is 0 Å². The fraction of sp³-hybridized carbons (Fsp3) is 0.667. The maximum Gasteiger partial charge on any atom is 0.253 e. The zero-order valence-electron chi connectivity index (χ0n) is 15.5. The van der Waals surface area contributed by atoms with Gasteiger partial charge in [0, 0.05) is 32.2 Å². The summed E-state index contributed by atoms with van der Waals surface area (Å²) in [5, 5.41) is 0. The van der Waals surface area contributed by atoms with Crippen LogP contribution in [-0.4, -0.2) is 48.9 Å². The summed E-state index contributed by atoms with van der Waals surface area (Å²) in [6.45, 7) is 7.39. The molecule has 0 radical (unpaired) electrons. The molecule has 3 aliphatic rings. The standard InChI is InChI=1S/C21H30N2O/c1-14-19-12-16-7-8-17(20(24)22(3)4)11-18(16)21(14,2)9-10-23(19)13-15-5-6-15/h7-8,11,14-15,19H,5-6,9-10,12-13H2,1-4H3/t14-,19+,21+/m1/s1. The number of hydrogen-bond donors (Lipinski definition) is 0. The van der Waals surface area contributed by atoms with Crippen LogP contribution in [0, 0.1) is 11.8 Å². The summed E-state index contributed by atoms with van der Waals surface area (Å²) in [4.78, 5) is 16.8. The number of likely N-dealkylation sites (tertiary alicyclic amines) is 1. The first kappa shape index (κ1) is 16.1. The molecule has 0 N–H and O–H groups in total. The Morgan fingerprint density at radius 2 is 2.08 bits per heavy atom. The lowest BCUT2D eigenvalue weighted by molar-refractivity contribution is 0.0283. The highest BCUT2D eigenvalue weighted by Gasteiger charge is 2.49. The van der Waals surface area contributed by atoms with Gasteiger partial charge in [-0.1, -0.05) is 19.9 Å². The van der Waals surface area contributed by atoms with E-state index in [1.165, 1.54) is 43.5 Å². The Bertz CT molecular complexity index is 664. The largest absolute Gasteiger partial charge is 0.345 e. The zero-order valence-corrected chi connectivity index (χ0v) is 15.5. The fourth-order valence-electron chi connectivity index (χ4n) is 4.96. The summed E-state index contributed by atoms with van der Waals surface area (Å²) in [5.74, 6) is 1.73. The molecule has 0 aromatic heterocycles. The molecule has 0 unspecified atom stereocenters. The maximum absolute atomic E-state index is 12.4. The SMILES string of the molecule is C[C@@H]1[C@@H]2Cc3ccc(C(=O)N(C)C)cc3[C@@]1(C)CCN2CC1CC1. The third kappa shape index (κ3) is 2.48. The lowest BCUT2D eigenvalue weighted by atomic mass is 9.59. The number of amides is 1. The van der Waals surface area contributed by atoms with Crippen LogP contribution in [0.3, 0.4) is 0 Å². The van der Waals surface area contributed by atoms with Crippen LogP contribution in [0.25, 0.3) is 0 Å². The van der Waals surface area contributed by atoms with Gasteiger partial charge in [-0.2, -0.15) is 0 Å². The molecule has 1 amide bonds. The number of fused-ring (bicyclic) bond motifs is 4. The average molecular weight is 326 g/mol. The normalized spacial score (nSPS) is 32.3. The van der Waals surface area contributed by atoms with Crippen LogP contribution in [0.1, 0.15) is 54.6 Å².